The first-order chi connectivity index (χ1) is 23.8. The Morgan fingerprint density at radius 3 is 2.20 bits per heavy atom. The lowest BCUT2D eigenvalue weighted by molar-refractivity contribution is -0.145. The van der Waals surface area contributed by atoms with E-state index in [0.717, 1.165) is 11.1 Å². The second kappa shape index (κ2) is 14.6. The molecule has 3 fully saturated rings. The molecule has 0 aromatic heterocycles. The highest BCUT2D eigenvalue weighted by atomic mass is 32.2. The first-order valence-corrected chi connectivity index (χ1v) is 17.8. The molecule has 1 N–H and O–H groups in total. The molecule has 3 saturated heterocycles. The van der Waals surface area contributed by atoms with Crippen LogP contribution in [0.25, 0.3) is 0 Å². The Balaban J connectivity index is 1.44. The summed E-state index contributed by atoms with van der Waals surface area (Å²) in [6, 6.07) is 25.2. The van der Waals surface area contributed by atoms with Crippen LogP contribution in [0.15, 0.2) is 110 Å². The van der Waals surface area contributed by atoms with E-state index in [1.54, 1.807) is 57.9 Å². The smallest absolute Gasteiger partial charge is 0.251 e. The number of nitrogens with zero attached hydrogens (tertiary/aromatic N) is 3. The number of aliphatic hydroxyl groups excluding tert-OH is 1. The van der Waals surface area contributed by atoms with Crippen LogP contribution in [-0.4, -0.2) is 81.5 Å². The van der Waals surface area contributed by atoms with Gasteiger partial charge < -0.3 is 24.5 Å². The maximum absolute atomic E-state index is 15.2. The van der Waals surface area contributed by atoms with Crippen LogP contribution in [0.5, 0.6) is 5.75 Å². The molecule has 3 unspecified atom stereocenters. The van der Waals surface area contributed by atoms with Crippen molar-refractivity contribution in [3.63, 3.8) is 0 Å². The summed E-state index contributed by atoms with van der Waals surface area (Å²) in [7, 11) is 1.59. The first kappa shape index (κ1) is 34.5. The lowest BCUT2D eigenvalue weighted by Crippen LogP contribution is -2.59. The summed E-state index contributed by atoms with van der Waals surface area (Å²) in [5, 5.41) is 10.8. The van der Waals surface area contributed by atoms with Crippen LogP contribution in [0.4, 0.5) is 5.69 Å². The number of thioether (sulfide) groups is 1. The summed E-state index contributed by atoms with van der Waals surface area (Å²) in [5.41, 5.74) is 2.59. The van der Waals surface area contributed by atoms with Crippen LogP contribution in [0, 0.1) is 17.8 Å². The van der Waals surface area contributed by atoms with E-state index in [9.17, 15) is 9.90 Å². The number of benzene rings is 3. The van der Waals surface area contributed by atoms with Gasteiger partial charge in [-0.2, -0.15) is 0 Å². The fourth-order valence-electron chi connectivity index (χ4n) is 8.32. The zero-order valence-electron chi connectivity index (χ0n) is 28.2. The van der Waals surface area contributed by atoms with Gasteiger partial charge in [-0.15, -0.1) is 24.9 Å². The molecule has 2 bridgehead atoms. The third-order valence-corrected chi connectivity index (χ3v) is 12.5. The van der Waals surface area contributed by atoms with Crippen molar-refractivity contribution in [2.24, 2.45) is 17.8 Å². The molecule has 0 radical (unpaired) electrons. The highest BCUT2D eigenvalue weighted by Gasteiger charge is 2.77. The van der Waals surface area contributed by atoms with Crippen molar-refractivity contribution in [3.05, 3.63) is 121 Å². The number of ether oxygens (including phenoxy) is 1. The van der Waals surface area contributed by atoms with Crippen molar-refractivity contribution in [1.82, 2.24) is 9.80 Å². The molecular formula is C40H45N3O5S. The van der Waals surface area contributed by atoms with Gasteiger partial charge in [0.1, 0.15) is 11.8 Å². The summed E-state index contributed by atoms with van der Waals surface area (Å²) in [5.74, 6) is -1.27. The van der Waals surface area contributed by atoms with Gasteiger partial charge >= 0.3 is 0 Å². The van der Waals surface area contributed by atoms with Gasteiger partial charge in [-0.25, -0.2) is 0 Å². The van der Waals surface area contributed by atoms with Crippen LogP contribution in [0.2, 0.25) is 0 Å². The molecule has 3 aliphatic rings. The number of hydrogen-bond acceptors (Lipinski definition) is 6. The van der Waals surface area contributed by atoms with Gasteiger partial charge in [-0.3, -0.25) is 14.4 Å². The molecule has 0 aliphatic carbocycles. The molecular weight excluding hydrogens is 635 g/mol. The highest BCUT2D eigenvalue weighted by molar-refractivity contribution is 8.02. The molecule has 1 spiro atoms. The van der Waals surface area contributed by atoms with Crippen molar-refractivity contribution < 1.29 is 24.2 Å². The number of methoxy groups -OCH3 is 1. The number of aliphatic hydroxyl groups is 1. The van der Waals surface area contributed by atoms with Crippen molar-refractivity contribution >= 4 is 35.2 Å². The van der Waals surface area contributed by atoms with Crippen molar-refractivity contribution in [2.75, 3.05) is 31.7 Å². The molecule has 3 amide bonds. The molecule has 3 heterocycles. The Morgan fingerprint density at radius 1 is 0.980 bits per heavy atom. The monoisotopic (exact) mass is 679 g/mol. The van der Waals surface area contributed by atoms with Crippen LogP contribution in [0.1, 0.15) is 24.5 Å². The Labute approximate surface area is 293 Å². The van der Waals surface area contributed by atoms with E-state index in [0.29, 0.717) is 37.4 Å². The van der Waals surface area contributed by atoms with E-state index in [1.165, 1.54) is 0 Å². The fraction of sp³-hybridized carbons (Fsp3) is 0.375. The minimum absolute atomic E-state index is 0.0288. The third kappa shape index (κ3) is 6.19. The van der Waals surface area contributed by atoms with Crippen molar-refractivity contribution in [3.8, 4) is 5.75 Å². The van der Waals surface area contributed by atoms with Crippen molar-refractivity contribution in [1.29, 1.82) is 0 Å². The lowest BCUT2D eigenvalue weighted by atomic mass is 9.65. The maximum Gasteiger partial charge on any atom is 0.251 e. The zero-order chi connectivity index (χ0) is 34.7. The average Bonchev–Trinajstić information content (AvgIpc) is 3.73. The topological polar surface area (TPSA) is 90.4 Å². The van der Waals surface area contributed by atoms with Gasteiger partial charge in [0.2, 0.25) is 11.8 Å². The van der Waals surface area contributed by atoms with Gasteiger partial charge in [0.05, 0.1) is 36.3 Å². The molecule has 3 aromatic carbocycles. The van der Waals surface area contributed by atoms with E-state index in [-0.39, 0.29) is 42.0 Å². The predicted molar refractivity (Wildman–Crippen MR) is 194 cm³/mol. The van der Waals surface area contributed by atoms with E-state index in [2.05, 4.69) is 20.1 Å². The number of hydrogen-bond donors (Lipinski definition) is 1. The SMILES string of the molecule is C=CCN(Cc1ccccc1)C(=O)[C@@H]1[C@H]2C(=O)N([C@@H](CO)Cc3ccccc3)C(C(=O)N(CC=C)c3ccc(OC)cc3)C23S[C@@H]1CC3C. The number of amides is 3. The Kier molecular flexibility index (Phi) is 10.3. The second-order valence-electron chi connectivity index (χ2n) is 13.3. The molecule has 49 heavy (non-hydrogen) atoms. The fourth-order valence-corrected chi connectivity index (χ4v) is 10.7. The van der Waals surface area contributed by atoms with Gasteiger partial charge in [0, 0.05) is 30.6 Å². The summed E-state index contributed by atoms with van der Waals surface area (Å²) in [6.07, 6.45) is 4.48. The summed E-state index contributed by atoms with van der Waals surface area (Å²) >= 11 is 1.64. The number of fused-ring (bicyclic) bond motifs is 1. The van der Waals surface area contributed by atoms with Crippen LogP contribution >= 0.6 is 11.8 Å². The summed E-state index contributed by atoms with van der Waals surface area (Å²) in [6.45, 7) is 10.6. The second-order valence-corrected chi connectivity index (χ2v) is 14.8. The predicted octanol–water partition coefficient (Wildman–Crippen LogP) is 5.37. The molecule has 3 aliphatic heterocycles. The number of rotatable bonds is 14. The third-order valence-electron chi connectivity index (χ3n) is 10.5. The summed E-state index contributed by atoms with van der Waals surface area (Å²) in [4.78, 5) is 50.1. The number of anilines is 1. The van der Waals surface area contributed by atoms with Crippen LogP contribution in [0.3, 0.4) is 0 Å². The van der Waals surface area contributed by atoms with E-state index >= 15 is 9.59 Å². The van der Waals surface area contributed by atoms with E-state index < -0.39 is 28.7 Å². The van der Waals surface area contributed by atoms with E-state index in [1.807, 2.05) is 72.8 Å². The molecule has 6 rings (SSSR count). The van der Waals surface area contributed by atoms with Gasteiger partial charge in [-0.1, -0.05) is 79.7 Å². The zero-order valence-corrected chi connectivity index (χ0v) is 29.0. The quantitative estimate of drug-likeness (QED) is 0.231. The molecule has 0 saturated carbocycles. The minimum atomic E-state index is -0.905. The Bertz CT molecular complexity index is 1670. The van der Waals surface area contributed by atoms with Crippen molar-refractivity contribution in [2.45, 2.75) is 48.4 Å². The minimum Gasteiger partial charge on any atom is -0.497 e. The maximum atomic E-state index is 15.2. The normalized spacial score (nSPS) is 25.8. The average molecular weight is 680 g/mol. The number of carbonyl (C=O) groups excluding carboxylic acids is 3. The molecule has 9 heteroatoms. The molecule has 7 atom stereocenters. The number of likely N-dealkylation sites (tertiary alicyclic amines) is 1. The Morgan fingerprint density at radius 2 is 1.61 bits per heavy atom. The first-order valence-electron chi connectivity index (χ1n) is 16.9. The molecule has 8 nitrogen and oxygen atoms in total. The van der Waals surface area contributed by atoms with Gasteiger partial charge in [0.25, 0.3) is 5.91 Å². The van der Waals surface area contributed by atoms with Crippen LogP contribution < -0.4 is 9.64 Å². The van der Waals surface area contributed by atoms with Gasteiger partial charge in [-0.05, 0) is 54.2 Å². The standard InChI is InChI=1S/C40H45N3O5S/c1-5-21-41(25-29-15-11-8-12-16-29)37(45)34-33-23-27(3)40(49-33)35(34)38(46)43(31(26-44)24-28-13-9-7-10-14-28)36(40)39(47)42(22-6-2)30-17-19-32(48-4)20-18-30/h5-20,27,31,33-36,44H,1-2,21-26H2,3-4H3/t27?,31-,33-,34+,35+,36?,40?/m1/s1. The molecule has 3 aromatic rings. The van der Waals surface area contributed by atoms with E-state index in [4.69, 9.17) is 4.74 Å². The largest absolute Gasteiger partial charge is 0.497 e. The molecule has 256 valence electrons. The summed E-state index contributed by atoms with van der Waals surface area (Å²) < 4.78 is 4.51. The van der Waals surface area contributed by atoms with Crippen LogP contribution in [-0.2, 0) is 27.3 Å². The van der Waals surface area contributed by atoms with Gasteiger partial charge in [0.15, 0.2) is 0 Å². The Hall–Kier alpha value is -4.34. The number of carbonyl (C=O) groups is 3. The lowest BCUT2D eigenvalue weighted by Gasteiger charge is -2.42. The highest BCUT2D eigenvalue weighted by Crippen LogP contribution is 2.69.